The van der Waals surface area contributed by atoms with Gasteiger partial charge in [-0.2, -0.15) is 5.10 Å². The number of H-pyrrole nitrogens is 1. The van der Waals surface area contributed by atoms with Crippen molar-refractivity contribution in [2.75, 3.05) is 18.6 Å². The lowest BCUT2D eigenvalue weighted by Gasteiger charge is -2.11. The minimum Gasteiger partial charge on any atom is -0.464 e. The van der Waals surface area contributed by atoms with Gasteiger partial charge in [0.05, 0.1) is 13.0 Å². The van der Waals surface area contributed by atoms with Crippen LogP contribution in [0.25, 0.3) is 0 Å². The molecule has 1 aromatic heterocycles. The average molecular weight is 252 g/mol. The molecule has 0 aromatic carbocycles. The summed E-state index contributed by atoms with van der Waals surface area (Å²) in [6, 6.07) is 1.40. The molecule has 1 atom stereocenters. The predicted molar refractivity (Wildman–Crippen MR) is 59.6 cm³/mol. The van der Waals surface area contributed by atoms with Crippen molar-refractivity contribution in [3.63, 3.8) is 0 Å². The highest BCUT2D eigenvalue weighted by molar-refractivity contribution is 6.00. The topological polar surface area (TPSA) is 118 Å². The minimum atomic E-state index is -0.577. The molecule has 8 heteroatoms. The summed E-state index contributed by atoms with van der Waals surface area (Å²) in [5, 5.41) is 6.30. The molecule has 2 heterocycles. The maximum atomic E-state index is 11.7. The smallest absolute Gasteiger partial charge is 0.356 e. The number of rotatable bonds is 3. The fourth-order valence-electron chi connectivity index (χ4n) is 1.78. The maximum Gasteiger partial charge on any atom is 0.356 e. The highest BCUT2D eigenvalue weighted by Crippen LogP contribution is 2.23. The van der Waals surface area contributed by atoms with Crippen molar-refractivity contribution < 1.29 is 19.1 Å². The molecule has 0 bridgehead atoms. The number of amides is 2. The van der Waals surface area contributed by atoms with Crippen molar-refractivity contribution in [3.05, 3.63) is 11.8 Å². The first-order valence-corrected chi connectivity index (χ1v) is 5.26. The highest BCUT2D eigenvalue weighted by Gasteiger charge is 2.35. The largest absolute Gasteiger partial charge is 0.464 e. The van der Waals surface area contributed by atoms with Gasteiger partial charge < -0.3 is 10.5 Å². The number of hydrogen-bond donors (Lipinski definition) is 2. The number of carbonyl (C=O) groups excluding carboxylic acids is 3. The van der Waals surface area contributed by atoms with E-state index in [1.807, 2.05) is 0 Å². The lowest BCUT2D eigenvalue weighted by atomic mass is 10.1. The molecule has 1 saturated heterocycles. The van der Waals surface area contributed by atoms with Crippen molar-refractivity contribution in [1.29, 1.82) is 0 Å². The molecule has 0 aliphatic carbocycles. The third-order valence-electron chi connectivity index (χ3n) is 2.77. The Bertz CT molecular complexity index is 510. The molecule has 96 valence electrons. The molecule has 18 heavy (non-hydrogen) atoms. The second-order valence-electron chi connectivity index (χ2n) is 3.94. The Kier molecular flexibility index (Phi) is 3.00. The molecule has 2 amide bonds. The zero-order valence-electron chi connectivity index (χ0n) is 9.67. The summed E-state index contributed by atoms with van der Waals surface area (Å²) in [7, 11) is 1.24. The van der Waals surface area contributed by atoms with Gasteiger partial charge in [-0.15, -0.1) is 0 Å². The number of methoxy groups -OCH3 is 1. The van der Waals surface area contributed by atoms with Crippen LogP contribution >= 0.6 is 0 Å². The first-order valence-electron chi connectivity index (χ1n) is 5.26. The van der Waals surface area contributed by atoms with Gasteiger partial charge in [0.2, 0.25) is 11.8 Å². The lowest BCUT2D eigenvalue weighted by molar-refractivity contribution is -0.123. The molecule has 3 N–H and O–H groups in total. The van der Waals surface area contributed by atoms with Crippen LogP contribution in [-0.2, 0) is 14.3 Å². The van der Waals surface area contributed by atoms with Gasteiger partial charge in [-0.1, -0.05) is 0 Å². The SMILES string of the molecule is COC(=O)c1cc(N2CC(C(N)=O)CC2=O)n[nH]1. The van der Waals surface area contributed by atoms with E-state index in [9.17, 15) is 14.4 Å². The molecule has 1 aliphatic heterocycles. The normalized spacial score (nSPS) is 19.1. The summed E-state index contributed by atoms with van der Waals surface area (Å²) in [5.74, 6) is -1.58. The van der Waals surface area contributed by atoms with Gasteiger partial charge in [0.25, 0.3) is 0 Å². The molecule has 0 spiro atoms. The molecule has 1 aromatic rings. The Labute approximate surface area is 102 Å². The van der Waals surface area contributed by atoms with E-state index in [-0.39, 0.29) is 30.4 Å². The first-order chi connectivity index (χ1) is 8.52. The third-order valence-corrected chi connectivity index (χ3v) is 2.77. The van der Waals surface area contributed by atoms with Gasteiger partial charge in [-0.3, -0.25) is 19.6 Å². The number of aromatic nitrogens is 2. The van der Waals surface area contributed by atoms with E-state index in [0.29, 0.717) is 0 Å². The summed E-state index contributed by atoms with van der Waals surface area (Å²) in [6.07, 6.45) is 0.0652. The summed E-state index contributed by atoms with van der Waals surface area (Å²) in [6.45, 7) is 0.180. The number of hydrogen-bond acceptors (Lipinski definition) is 5. The van der Waals surface area contributed by atoms with Crippen LogP contribution in [0.4, 0.5) is 5.82 Å². The van der Waals surface area contributed by atoms with Gasteiger partial charge in [-0.05, 0) is 0 Å². The lowest BCUT2D eigenvalue weighted by Crippen LogP contribution is -2.28. The fourth-order valence-corrected chi connectivity index (χ4v) is 1.78. The molecule has 0 radical (unpaired) electrons. The number of primary amides is 1. The van der Waals surface area contributed by atoms with E-state index >= 15 is 0 Å². The zero-order chi connectivity index (χ0) is 13.3. The predicted octanol–water partition coefficient (Wildman–Crippen LogP) is -0.965. The van der Waals surface area contributed by atoms with Gasteiger partial charge >= 0.3 is 5.97 Å². The molecule has 8 nitrogen and oxygen atoms in total. The Morgan fingerprint density at radius 2 is 2.33 bits per heavy atom. The summed E-state index contributed by atoms with van der Waals surface area (Å²) < 4.78 is 4.51. The number of nitrogens with zero attached hydrogens (tertiary/aromatic N) is 2. The molecule has 2 rings (SSSR count). The van der Waals surface area contributed by atoms with E-state index in [4.69, 9.17) is 5.73 Å². The van der Waals surface area contributed by atoms with Crippen LogP contribution in [0, 0.1) is 5.92 Å². The van der Waals surface area contributed by atoms with Crippen LogP contribution < -0.4 is 10.6 Å². The Morgan fingerprint density at radius 3 is 2.89 bits per heavy atom. The van der Waals surface area contributed by atoms with Gasteiger partial charge in [0.15, 0.2) is 5.82 Å². The van der Waals surface area contributed by atoms with Gasteiger partial charge in [0, 0.05) is 19.0 Å². The first kappa shape index (κ1) is 12.1. The van der Waals surface area contributed by atoms with Crippen molar-refractivity contribution in [2.24, 2.45) is 11.7 Å². The number of anilines is 1. The van der Waals surface area contributed by atoms with Crippen LogP contribution in [0.2, 0.25) is 0 Å². The number of carbonyl (C=O) groups is 3. The van der Waals surface area contributed by atoms with Crippen LogP contribution in [0.5, 0.6) is 0 Å². The molecule has 1 aliphatic rings. The van der Waals surface area contributed by atoms with Crippen molar-refractivity contribution in [2.45, 2.75) is 6.42 Å². The van der Waals surface area contributed by atoms with E-state index in [1.165, 1.54) is 18.1 Å². The quantitative estimate of drug-likeness (QED) is 0.671. The molecule has 1 unspecified atom stereocenters. The fraction of sp³-hybridized carbons (Fsp3) is 0.400. The van der Waals surface area contributed by atoms with Crippen LogP contribution in [0.1, 0.15) is 16.9 Å². The van der Waals surface area contributed by atoms with Crippen LogP contribution in [-0.4, -0.2) is 41.6 Å². The van der Waals surface area contributed by atoms with Gasteiger partial charge in [-0.25, -0.2) is 4.79 Å². The molecule has 1 fully saturated rings. The van der Waals surface area contributed by atoms with E-state index in [1.54, 1.807) is 0 Å². The van der Waals surface area contributed by atoms with Crippen LogP contribution in [0.15, 0.2) is 6.07 Å². The highest BCUT2D eigenvalue weighted by atomic mass is 16.5. The number of ether oxygens (including phenoxy) is 1. The van der Waals surface area contributed by atoms with Crippen molar-refractivity contribution >= 4 is 23.6 Å². The zero-order valence-corrected chi connectivity index (χ0v) is 9.67. The number of esters is 1. The standard InChI is InChI=1S/C10H12N4O4/c1-18-10(17)6-3-7(13-12-6)14-4-5(9(11)16)2-8(14)15/h3,5H,2,4H2,1H3,(H2,11,16)(H,12,13). The molecular formula is C10H12N4O4. The molecule has 0 saturated carbocycles. The molecular weight excluding hydrogens is 240 g/mol. The van der Waals surface area contributed by atoms with Gasteiger partial charge in [0.1, 0.15) is 5.69 Å². The van der Waals surface area contributed by atoms with E-state index in [2.05, 4.69) is 14.9 Å². The summed E-state index contributed by atoms with van der Waals surface area (Å²) >= 11 is 0. The van der Waals surface area contributed by atoms with Crippen molar-refractivity contribution in [3.8, 4) is 0 Å². The third kappa shape index (κ3) is 2.04. The number of nitrogens with two attached hydrogens (primary N) is 1. The second kappa shape index (κ2) is 4.47. The monoisotopic (exact) mass is 252 g/mol. The van der Waals surface area contributed by atoms with E-state index in [0.717, 1.165) is 0 Å². The Balaban J connectivity index is 2.17. The maximum absolute atomic E-state index is 11.7. The Hall–Kier alpha value is -2.38. The summed E-state index contributed by atoms with van der Waals surface area (Å²) in [4.78, 5) is 35.3. The Morgan fingerprint density at radius 1 is 1.61 bits per heavy atom. The van der Waals surface area contributed by atoms with Crippen molar-refractivity contribution in [1.82, 2.24) is 10.2 Å². The minimum absolute atomic E-state index is 0.0652. The van der Waals surface area contributed by atoms with Crippen LogP contribution in [0.3, 0.4) is 0 Å². The number of nitrogens with one attached hydrogen (secondary N) is 1. The summed E-state index contributed by atoms with van der Waals surface area (Å²) in [5.41, 5.74) is 5.30. The number of aromatic amines is 1. The average Bonchev–Trinajstić information content (AvgIpc) is 2.94. The second-order valence-corrected chi connectivity index (χ2v) is 3.94. The van der Waals surface area contributed by atoms with E-state index < -0.39 is 17.8 Å².